The van der Waals surface area contributed by atoms with Crippen LogP contribution in [-0.2, 0) is 15.7 Å². The van der Waals surface area contributed by atoms with Crippen LogP contribution >= 0.6 is 11.3 Å². The van der Waals surface area contributed by atoms with Crippen LogP contribution in [0.15, 0.2) is 5.38 Å². The highest BCUT2D eigenvalue weighted by Crippen LogP contribution is 2.45. The third kappa shape index (κ3) is 3.01. The summed E-state index contributed by atoms with van der Waals surface area (Å²) in [5.41, 5.74) is 1.35. The van der Waals surface area contributed by atoms with Gasteiger partial charge in [-0.15, -0.1) is 11.3 Å². The standard InChI is InChI=1S/C15H26N2OS/c1-10(2)17-15(7-11(8-15)18-6)13-16-12(9-19-13)14(3,4)5/h9-11,17H,7-8H2,1-6H3. The van der Waals surface area contributed by atoms with E-state index in [-0.39, 0.29) is 11.0 Å². The van der Waals surface area contributed by atoms with Crippen LogP contribution in [-0.4, -0.2) is 24.2 Å². The van der Waals surface area contributed by atoms with Crippen LogP contribution in [0.2, 0.25) is 0 Å². The zero-order valence-electron chi connectivity index (χ0n) is 12.9. The van der Waals surface area contributed by atoms with Crippen LogP contribution in [0.1, 0.15) is 58.2 Å². The van der Waals surface area contributed by atoms with Gasteiger partial charge in [-0.25, -0.2) is 4.98 Å². The molecule has 0 amide bonds. The molecular formula is C15H26N2OS. The molecule has 19 heavy (non-hydrogen) atoms. The van der Waals surface area contributed by atoms with Crippen LogP contribution in [0, 0.1) is 0 Å². The van der Waals surface area contributed by atoms with Gasteiger partial charge in [-0.05, 0) is 26.7 Å². The first kappa shape index (κ1) is 14.9. The predicted molar refractivity (Wildman–Crippen MR) is 80.8 cm³/mol. The molecule has 1 N–H and O–H groups in total. The average molecular weight is 282 g/mol. The van der Waals surface area contributed by atoms with Crippen LogP contribution in [0.25, 0.3) is 0 Å². The van der Waals surface area contributed by atoms with Crippen LogP contribution in [0.5, 0.6) is 0 Å². The summed E-state index contributed by atoms with van der Waals surface area (Å²) >= 11 is 1.78. The molecule has 0 bridgehead atoms. The molecule has 0 aromatic carbocycles. The quantitative estimate of drug-likeness (QED) is 0.918. The second-order valence-corrected chi connectivity index (χ2v) is 7.79. The normalized spacial score (nSPS) is 27.6. The van der Waals surface area contributed by atoms with E-state index in [2.05, 4.69) is 45.3 Å². The number of aromatic nitrogens is 1. The Hall–Kier alpha value is -0.450. The van der Waals surface area contributed by atoms with Crippen molar-refractivity contribution in [1.82, 2.24) is 10.3 Å². The number of ether oxygens (including phenoxy) is 1. The van der Waals surface area contributed by atoms with Gasteiger partial charge in [0, 0.05) is 23.9 Å². The SMILES string of the molecule is COC1CC(NC(C)C)(c2nc(C(C)(C)C)cs2)C1. The Labute approximate surface area is 120 Å². The lowest BCUT2D eigenvalue weighted by molar-refractivity contribution is -0.0365. The summed E-state index contributed by atoms with van der Waals surface area (Å²) in [4.78, 5) is 4.90. The molecule has 0 spiro atoms. The zero-order chi connectivity index (χ0) is 14.3. The molecule has 108 valence electrons. The maximum atomic E-state index is 5.46. The summed E-state index contributed by atoms with van der Waals surface area (Å²) in [5, 5.41) is 7.14. The predicted octanol–water partition coefficient (Wildman–Crippen LogP) is 3.44. The summed E-state index contributed by atoms with van der Waals surface area (Å²) in [6, 6.07) is 0.458. The van der Waals surface area contributed by atoms with E-state index >= 15 is 0 Å². The van der Waals surface area contributed by atoms with Gasteiger partial charge in [0.1, 0.15) is 5.01 Å². The minimum atomic E-state index is 0.0308. The fourth-order valence-electron chi connectivity index (χ4n) is 2.63. The molecule has 3 nitrogen and oxygen atoms in total. The summed E-state index contributed by atoms with van der Waals surface area (Å²) in [5.74, 6) is 0. The van der Waals surface area contributed by atoms with Crippen LogP contribution < -0.4 is 5.32 Å². The second-order valence-electron chi connectivity index (χ2n) is 6.94. The maximum Gasteiger partial charge on any atom is 0.113 e. The lowest BCUT2D eigenvalue weighted by Gasteiger charge is -2.47. The number of thiazole rings is 1. The molecule has 1 heterocycles. The molecule has 0 unspecified atom stereocenters. The zero-order valence-corrected chi connectivity index (χ0v) is 13.7. The number of hydrogen-bond acceptors (Lipinski definition) is 4. The number of hydrogen-bond donors (Lipinski definition) is 1. The van der Waals surface area contributed by atoms with Crippen molar-refractivity contribution in [2.24, 2.45) is 0 Å². The Bertz CT molecular complexity index is 428. The van der Waals surface area contributed by atoms with Gasteiger partial charge in [-0.2, -0.15) is 0 Å². The maximum absolute atomic E-state index is 5.46. The largest absolute Gasteiger partial charge is 0.381 e. The van der Waals surface area contributed by atoms with Gasteiger partial charge in [0.15, 0.2) is 0 Å². The highest BCUT2D eigenvalue weighted by atomic mass is 32.1. The Balaban J connectivity index is 2.23. The molecule has 1 saturated carbocycles. The molecule has 1 aliphatic carbocycles. The Morgan fingerprint density at radius 3 is 2.47 bits per heavy atom. The monoisotopic (exact) mass is 282 g/mol. The van der Waals surface area contributed by atoms with E-state index in [1.165, 1.54) is 10.7 Å². The van der Waals surface area contributed by atoms with Crippen LogP contribution in [0.3, 0.4) is 0 Å². The van der Waals surface area contributed by atoms with E-state index in [4.69, 9.17) is 9.72 Å². The summed E-state index contributed by atoms with van der Waals surface area (Å²) in [6.45, 7) is 11.0. The summed E-state index contributed by atoms with van der Waals surface area (Å²) in [7, 11) is 1.80. The molecule has 0 saturated heterocycles. The van der Waals surface area contributed by atoms with Crippen molar-refractivity contribution in [2.75, 3.05) is 7.11 Å². The number of nitrogens with zero attached hydrogens (tertiary/aromatic N) is 1. The van der Waals surface area contributed by atoms with Crippen molar-refractivity contribution in [3.63, 3.8) is 0 Å². The molecule has 0 atom stereocenters. The number of rotatable bonds is 4. The molecule has 1 fully saturated rings. The first-order chi connectivity index (χ1) is 8.77. The molecule has 0 aliphatic heterocycles. The van der Waals surface area contributed by atoms with Crippen LogP contribution in [0.4, 0.5) is 0 Å². The molecule has 4 heteroatoms. The van der Waals surface area contributed by atoms with Gasteiger partial charge >= 0.3 is 0 Å². The highest BCUT2D eigenvalue weighted by Gasteiger charge is 2.48. The summed E-state index contributed by atoms with van der Waals surface area (Å²) < 4.78 is 5.46. The molecule has 2 rings (SSSR count). The lowest BCUT2D eigenvalue weighted by Crippen LogP contribution is -2.57. The fraction of sp³-hybridized carbons (Fsp3) is 0.800. The fourth-order valence-corrected chi connectivity index (χ4v) is 3.86. The second kappa shape index (κ2) is 5.15. The van der Waals surface area contributed by atoms with Gasteiger partial charge in [-0.3, -0.25) is 0 Å². The first-order valence-corrected chi connectivity index (χ1v) is 7.92. The first-order valence-electron chi connectivity index (χ1n) is 7.04. The third-order valence-corrected chi connectivity index (χ3v) is 4.78. The Morgan fingerprint density at radius 1 is 1.42 bits per heavy atom. The smallest absolute Gasteiger partial charge is 0.113 e. The highest BCUT2D eigenvalue weighted by molar-refractivity contribution is 7.09. The van der Waals surface area contributed by atoms with Crippen molar-refractivity contribution in [3.05, 3.63) is 16.1 Å². The van der Waals surface area contributed by atoms with Crippen molar-refractivity contribution in [2.45, 2.75) is 70.6 Å². The molecular weight excluding hydrogens is 256 g/mol. The Morgan fingerprint density at radius 2 is 2.05 bits per heavy atom. The summed E-state index contributed by atoms with van der Waals surface area (Å²) in [6.07, 6.45) is 2.42. The van der Waals surface area contributed by atoms with Crippen molar-refractivity contribution < 1.29 is 4.74 Å². The van der Waals surface area contributed by atoms with Gasteiger partial charge in [-0.1, -0.05) is 20.8 Å². The van der Waals surface area contributed by atoms with E-state index < -0.39 is 0 Å². The van der Waals surface area contributed by atoms with E-state index in [1.54, 1.807) is 18.4 Å². The van der Waals surface area contributed by atoms with Gasteiger partial charge in [0.2, 0.25) is 0 Å². The topological polar surface area (TPSA) is 34.1 Å². The van der Waals surface area contributed by atoms with Gasteiger partial charge in [0.25, 0.3) is 0 Å². The molecule has 1 aromatic heterocycles. The minimum Gasteiger partial charge on any atom is -0.381 e. The average Bonchev–Trinajstić information content (AvgIpc) is 2.71. The number of nitrogens with one attached hydrogen (secondary N) is 1. The van der Waals surface area contributed by atoms with Crippen molar-refractivity contribution in [3.8, 4) is 0 Å². The van der Waals surface area contributed by atoms with E-state index in [0.29, 0.717) is 12.1 Å². The third-order valence-electron chi connectivity index (χ3n) is 3.73. The number of methoxy groups -OCH3 is 1. The Kier molecular flexibility index (Phi) is 4.05. The van der Waals surface area contributed by atoms with Crippen molar-refractivity contribution in [1.29, 1.82) is 0 Å². The van der Waals surface area contributed by atoms with E-state index in [9.17, 15) is 0 Å². The molecule has 1 aliphatic rings. The van der Waals surface area contributed by atoms with E-state index in [1.807, 2.05) is 0 Å². The van der Waals surface area contributed by atoms with Gasteiger partial charge in [0.05, 0.1) is 17.3 Å². The molecule has 0 radical (unpaired) electrons. The lowest BCUT2D eigenvalue weighted by atomic mass is 9.74. The van der Waals surface area contributed by atoms with Gasteiger partial charge < -0.3 is 10.1 Å². The molecule has 1 aromatic rings. The minimum absolute atomic E-state index is 0.0308. The van der Waals surface area contributed by atoms with Crippen molar-refractivity contribution >= 4 is 11.3 Å². The van der Waals surface area contributed by atoms with E-state index in [0.717, 1.165) is 12.8 Å².